The molecule has 0 aromatic carbocycles. The molecule has 1 atom stereocenters. The van der Waals surface area contributed by atoms with Crippen LogP contribution in [-0.4, -0.2) is 44.8 Å². The fourth-order valence-electron chi connectivity index (χ4n) is 2.60. The molecule has 1 aliphatic rings. The lowest BCUT2D eigenvalue weighted by molar-refractivity contribution is 0.0437. The first-order valence-electron chi connectivity index (χ1n) is 7.28. The third kappa shape index (κ3) is 3.33. The lowest BCUT2D eigenvalue weighted by Gasteiger charge is -2.23. The summed E-state index contributed by atoms with van der Waals surface area (Å²) in [5, 5.41) is 18.2. The Morgan fingerprint density at radius 1 is 1.40 bits per heavy atom. The molecule has 0 saturated carbocycles. The highest BCUT2D eigenvalue weighted by atomic mass is 16.3. The third-order valence-electron chi connectivity index (χ3n) is 3.91. The average molecular weight is 277 g/mol. The molecule has 20 heavy (non-hydrogen) atoms. The number of carbonyl (C=O) groups is 1. The summed E-state index contributed by atoms with van der Waals surface area (Å²) < 4.78 is 0. The molecule has 1 aliphatic heterocycles. The summed E-state index contributed by atoms with van der Waals surface area (Å²) in [4.78, 5) is 14.5. The molecule has 1 aromatic heterocycles. The molecule has 1 amide bonds. The van der Waals surface area contributed by atoms with Crippen LogP contribution in [0.25, 0.3) is 0 Å². The van der Waals surface area contributed by atoms with Crippen molar-refractivity contribution in [2.75, 3.05) is 13.1 Å². The number of amides is 1. The van der Waals surface area contributed by atoms with Crippen molar-refractivity contribution in [1.29, 1.82) is 0 Å². The van der Waals surface area contributed by atoms with E-state index in [0.717, 1.165) is 24.2 Å². The van der Waals surface area contributed by atoms with Crippen LogP contribution in [0.1, 0.15) is 54.9 Å². The number of aromatic nitrogens is 2. The topological polar surface area (TPSA) is 66.3 Å². The van der Waals surface area contributed by atoms with Crippen LogP contribution in [0.15, 0.2) is 6.07 Å². The van der Waals surface area contributed by atoms with Crippen LogP contribution in [0, 0.1) is 6.92 Å². The van der Waals surface area contributed by atoms with E-state index in [0.29, 0.717) is 31.5 Å². The number of hydrogen-bond donors (Lipinski definition) is 1. The molecule has 5 heteroatoms. The Morgan fingerprint density at radius 3 is 2.85 bits per heavy atom. The number of nitrogens with zero attached hydrogens (tertiary/aromatic N) is 3. The molecule has 2 heterocycles. The average Bonchev–Trinajstić information content (AvgIpc) is 2.59. The van der Waals surface area contributed by atoms with Crippen molar-refractivity contribution in [3.8, 4) is 0 Å². The summed E-state index contributed by atoms with van der Waals surface area (Å²) in [6.07, 6.45) is 2.89. The summed E-state index contributed by atoms with van der Waals surface area (Å²) in [6.45, 7) is 6.95. The highest BCUT2D eigenvalue weighted by molar-refractivity contribution is 5.95. The Morgan fingerprint density at radius 2 is 2.15 bits per heavy atom. The van der Waals surface area contributed by atoms with Crippen LogP contribution in [0.3, 0.4) is 0 Å². The van der Waals surface area contributed by atoms with Gasteiger partial charge in [-0.3, -0.25) is 4.79 Å². The fourth-order valence-corrected chi connectivity index (χ4v) is 2.60. The van der Waals surface area contributed by atoms with E-state index in [1.807, 2.05) is 31.7 Å². The second-order valence-corrected chi connectivity index (χ2v) is 5.84. The minimum atomic E-state index is -0.658. The van der Waals surface area contributed by atoms with Gasteiger partial charge < -0.3 is 10.0 Å². The zero-order valence-electron chi connectivity index (χ0n) is 12.5. The molecule has 1 aromatic rings. The van der Waals surface area contributed by atoms with Crippen molar-refractivity contribution in [3.05, 3.63) is 23.0 Å². The Hall–Kier alpha value is -1.49. The van der Waals surface area contributed by atoms with E-state index in [1.54, 1.807) is 0 Å². The standard InChI is InChI=1S/C15H23N3O2/c1-4-13-12(10-11(2)16-17-13)14(19)18-8-5-6-15(3,20)7-9-18/h10,20H,4-9H2,1-3H3. The molecule has 2 rings (SSSR count). The van der Waals surface area contributed by atoms with E-state index >= 15 is 0 Å². The highest BCUT2D eigenvalue weighted by Crippen LogP contribution is 2.23. The predicted octanol–water partition coefficient (Wildman–Crippen LogP) is 1.72. The Balaban J connectivity index is 2.21. The zero-order valence-corrected chi connectivity index (χ0v) is 12.5. The van der Waals surface area contributed by atoms with Crippen molar-refractivity contribution in [1.82, 2.24) is 15.1 Å². The maximum Gasteiger partial charge on any atom is 0.255 e. The summed E-state index contributed by atoms with van der Waals surface area (Å²) in [5.74, 6) is 0.0116. The van der Waals surface area contributed by atoms with Crippen LogP contribution < -0.4 is 0 Å². The van der Waals surface area contributed by atoms with Crippen molar-refractivity contribution in [3.63, 3.8) is 0 Å². The Bertz CT molecular complexity index is 500. The number of likely N-dealkylation sites (tertiary alicyclic amines) is 1. The van der Waals surface area contributed by atoms with Crippen LogP contribution in [0.2, 0.25) is 0 Å². The third-order valence-corrected chi connectivity index (χ3v) is 3.91. The lowest BCUT2D eigenvalue weighted by atomic mass is 9.98. The van der Waals surface area contributed by atoms with Crippen molar-refractivity contribution in [2.45, 2.75) is 52.1 Å². The zero-order chi connectivity index (χ0) is 14.8. The van der Waals surface area contributed by atoms with E-state index in [1.165, 1.54) is 0 Å². The van der Waals surface area contributed by atoms with E-state index in [9.17, 15) is 9.90 Å². The number of rotatable bonds is 2. The van der Waals surface area contributed by atoms with E-state index < -0.39 is 5.60 Å². The predicted molar refractivity (Wildman–Crippen MR) is 76.5 cm³/mol. The minimum absolute atomic E-state index is 0.0116. The van der Waals surface area contributed by atoms with Crippen molar-refractivity contribution >= 4 is 5.91 Å². The first-order valence-corrected chi connectivity index (χ1v) is 7.28. The SMILES string of the molecule is CCc1nnc(C)cc1C(=O)N1CCCC(C)(O)CC1. The molecule has 1 N–H and O–H groups in total. The fraction of sp³-hybridized carbons (Fsp3) is 0.667. The van der Waals surface area contributed by atoms with Gasteiger partial charge in [0.25, 0.3) is 5.91 Å². The Kier molecular flexibility index (Phi) is 4.38. The first kappa shape index (κ1) is 14.9. The van der Waals surface area contributed by atoms with Gasteiger partial charge >= 0.3 is 0 Å². The lowest BCUT2D eigenvalue weighted by Crippen LogP contribution is -2.34. The van der Waals surface area contributed by atoms with Gasteiger partial charge in [-0.2, -0.15) is 10.2 Å². The molecule has 0 bridgehead atoms. The van der Waals surface area contributed by atoms with E-state index in [2.05, 4.69) is 10.2 Å². The van der Waals surface area contributed by atoms with Crippen molar-refractivity contribution < 1.29 is 9.90 Å². The number of aliphatic hydroxyl groups is 1. The largest absolute Gasteiger partial charge is 0.390 e. The van der Waals surface area contributed by atoms with Gasteiger partial charge in [-0.1, -0.05) is 6.92 Å². The maximum absolute atomic E-state index is 12.7. The summed E-state index contributed by atoms with van der Waals surface area (Å²) in [6, 6.07) is 1.82. The summed E-state index contributed by atoms with van der Waals surface area (Å²) >= 11 is 0. The summed E-state index contributed by atoms with van der Waals surface area (Å²) in [7, 11) is 0. The molecule has 1 unspecified atom stereocenters. The Labute approximate surface area is 120 Å². The quantitative estimate of drug-likeness (QED) is 0.894. The van der Waals surface area contributed by atoms with Gasteiger partial charge in [-0.05, 0) is 45.6 Å². The van der Waals surface area contributed by atoms with Gasteiger partial charge in [0.1, 0.15) is 0 Å². The molecule has 110 valence electrons. The molecular formula is C15H23N3O2. The monoisotopic (exact) mass is 277 g/mol. The van der Waals surface area contributed by atoms with Crippen LogP contribution in [-0.2, 0) is 6.42 Å². The van der Waals surface area contributed by atoms with Crippen LogP contribution in [0.4, 0.5) is 0 Å². The summed E-state index contributed by atoms with van der Waals surface area (Å²) in [5.41, 5.74) is 1.50. The number of hydrogen-bond acceptors (Lipinski definition) is 4. The van der Waals surface area contributed by atoms with Gasteiger partial charge in [-0.25, -0.2) is 0 Å². The second-order valence-electron chi connectivity index (χ2n) is 5.84. The van der Waals surface area contributed by atoms with E-state index in [-0.39, 0.29) is 5.91 Å². The molecular weight excluding hydrogens is 254 g/mol. The van der Waals surface area contributed by atoms with Gasteiger partial charge in [0.15, 0.2) is 0 Å². The van der Waals surface area contributed by atoms with Gasteiger partial charge in [0, 0.05) is 13.1 Å². The molecule has 0 spiro atoms. The highest BCUT2D eigenvalue weighted by Gasteiger charge is 2.28. The second kappa shape index (κ2) is 5.87. The van der Waals surface area contributed by atoms with Gasteiger partial charge in [-0.15, -0.1) is 0 Å². The maximum atomic E-state index is 12.7. The molecule has 1 saturated heterocycles. The van der Waals surface area contributed by atoms with Gasteiger partial charge in [0.2, 0.25) is 0 Å². The molecule has 1 fully saturated rings. The number of aryl methyl sites for hydroxylation is 2. The minimum Gasteiger partial charge on any atom is -0.390 e. The van der Waals surface area contributed by atoms with Crippen molar-refractivity contribution in [2.24, 2.45) is 0 Å². The van der Waals surface area contributed by atoms with E-state index in [4.69, 9.17) is 0 Å². The van der Waals surface area contributed by atoms with Crippen LogP contribution >= 0.6 is 0 Å². The van der Waals surface area contributed by atoms with Gasteiger partial charge in [0.05, 0.1) is 22.6 Å². The normalized spacial score (nSPS) is 23.5. The number of carbonyl (C=O) groups excluding carboxylic acids is 1. The molecule has 0 aliphatic carbocycles. The smallest absolute Gasteiger partial charge is 0.255 e. The molecule has 5 nitrogen and oxygen atoms in total. The van der Waals surface area contributed by atoms with Crippen LogP contribution in [0.5, 0.6) is 0 Å². The molecule has 0 radical (unpaired) electrons. The first-order chi connectivity index (χ1) is 9.43.